The lowest BCUT2D eigenvalue weighted by atomic mass is 10.0. The third-order valence-electron chi connectivity index (χ3n) is 3.49. The fraction of sp³-hybridized carbons (Fsp3) is 0.333. The molecule has 130 valence electrons. The smallest absolute Gasteiger partial charge is 0.220 e. The number of carbonyl (C=O) groups excluding carboxylic acids is 1. The number of nitrogens with zero attached hydrogens (tertiary/aromatic N) is 2. The standard InChI is InChI=1S/C15H17ClN2O5S/c1-4-18-15(20)10(7-17-18)14(19)9-5-6-12(24(3,21)22)11(8-23-2)13(9)16/h5-7,20H,4,8H2,1-3H3. The van der Waals surface area contributed by atoms with Crippen molar-refractivity contribution in [3.63, 3.8) is 0 Å². The Hall–Kier alpha value is -1.90. The highest BCUT2D eigenvalue weighted by Gasteiger charge is 2.25. The zero-order valence-corrected chi connectivity index (χ0v) is 15.0. The first-order chi connectivity index (χ1) is 11.2. The second-order valence-electron chi connectivity index (χ2n) is 5.14. The molecule has 1 aromatic carbocycles. The van der Waals surface area contributed by atoms with Crippen LogP contribution in [0.1, 0.15) is 28.4 Å². The van der Waals surface area contributed by atoms with Crippen LogP contribution in [0.3, 0.4) is 0 Å². The number of hydrogen-bond acceptors (Lipinski definition) is 6. The van der Waals surface area contributed by atoms with E-state index in [4.69, 9.17) is 16.3 Å². The van der Waals surface area contributed by atoms with Gasteiger partial charge in [-0.05, 0) is 19.1 Å². The molecule has 0 unspecified atom stereocenters. The molecule has 0 bridgehead atoms. The van der Waals surface area contributed by atoms with Crippen LogP contribution in [-0.4, -0.2) is 42.5 Å². The van der Waals surface area contributed by atoms with Crippen LogP contribution in [-0.2, 0) is 27.7 Å². The molecule has 2 rings (SSSR count). The van der Waals surface area contributed by atoms with Gasteiger partial charge in [0, 0.05) is 31.0 Å². The van der Waals surface area contributed by atoms with E-state index in [2.05, 4.69) is 5.10 Å². The molecule has 0 spiro atoms. The first kappa shape index (κ1) is 18.4. The normalized spacial score (nSPS) is 11.7. The van der Waals surface area contributed by atoms with Crippen LogP contribution >= 0.6 is 11.6 Å². The minimum Gasteiger partial charge on any atom is -0.493 e. The summed E-state index contributed by atoms with van der Waals surface area (Å²) in [7, 11) is -2.14. The number of halogens is 1. The van der Waals surface area contributed by atoms with Crippen molar-refractivity contribution < 1.29 is 23.1 Å². The van der Waals surface area contributed by atoms with Crippen molar-refractivity contribution in [1.29, 1.82) is 0 Å². The molecular formula is C15H17ClN2O5S. The molecular weight excluding hydrogens is 356 g/mol. The topological polar surface area (TPSA) is 98.5 Å². The third-order valence-corrected chi connectivity index (χ3v) is 5.10. The van der Waals surface area contributed by atoms with Gasteiger partial charge in [-0.3, -0.25) is 4.79 Å². The Kier molecular flexibility index (Phi) is 5.32. The molecule has 0 amide bonds. The maximum absolute atomic E-state index is 12.6. The van der Waals surface area contributed by atoms with Crippen molar-refractivity contribution >= 4 is 27.2 Å². The van der Waals surface area contributed by atoms with Gasteiger partial charge >= 0.3 is 0 Å². The van der Waals surface area contributed by atoms with Crippen molar-refractivity contribution in [3.8, 4) is 5.88 Å². The molecule has 0 atom stereocenters. The number of methoxy groups -OCH3 is 1. The van der Waals surface area contributed by atoms with E-state index in [1.807, 2.05) is 0 Å². The van der Waals surface area contributed by atoms with Crippen LogP contribution in [0.15, 0.2) is 23.2 Å². The van der Waals surface area contributed by atoms with Gasteiger partial charge in [0.1, 0.15) is 5.56 Å². The molecule has 0 aliphatic rings. The number of sulfone groups is 1. The van der Waals surface area contributed by atoms with E-state index < -0.39 is 15.6 Å². The predicted molar refractivity (Wildman–Crippen MR) is 88.3 cm³/mol. The van der Waals surface area contributed by atoms with Crippen LogP contribution in [0, 0.1) is 0 Å². The van der Waals surface area contributed by atoms with Crippen molar-refractivity contribution in [1.82, 2.24) is 9.78 Å². The lowest BCUT2D eigenvalue weighted by Crippen LogP contribution is -2.09. The van der Waals surface area contributed by atoms with E-state index >= 15 is 0 Å². The third kappa shape index (κ3) is 3.31. The van der Waals surface area contributed by atoms with Gasteiger partial charge in [0.25, 0.3) is 0 Å². The van der Waals surface area contributed by atoms with Gasteiger partial charge < -0.3 is 9.84 Å². The van der Waals surface area contributed by atoms with E-state index in [-0.39, 0.29) is 39.1 Å². The molecule has 0 saturated carbocycles. The molecule has 0 fully saturated rings. The lowest BCUT2D eigenvalue weighted by molar-refractivity contribution is 0.103. The lowest BCUT2D eigenvalue weighted by Gasteiger charge is -2.12. The number of ether oxygens (including phenoxy) is 1. The van der Waals surface area contributed by atoms with Crippen molar-refractivity contribution in [2.24, 2.45) is 0 Å². The second kappa shape index (κ2) is 6.92. The molecule has 0 saturated heterocycles. The summed E-state index contributed by atoms with van der Waals surface area (Å²) < 4.78 is 30.0. The van der Waals surface area contributed by atoms with Crippen molar-refractivity contribution in [2.45, 2.75) is 25.0 Å². The minimum absolute atomic E-state index is 0.000578. The van der Waals surface area contributed by atoms with Gasteiger partial charge in [-0.15, -0.1) is 0 Å². The molecule has 24 heavy (non-hydrogen) atoms. The molecule has 1 aromatic heterocycles. The van der Waals surface area contributed by atoms with Gasteiger partial charge in [-0.2, -0.15) is 5.10 Å². The zero-order valence-electron chi connectivity index (χ0n) is 13.4. The molecule has 1 heterocycles. The number of aromatic hydroxyl groups is 1. The number of hydrogen-bond donors (Lipinski definition) is 1. The minimum atomic E-state index is -3.53. The quantitative estimate of drug-likeness (QED) is 0.779. The molecule has 0 radical (unpaired) electrons. The Balaban J connectivity index is 2.61. The molecule has 9 heteroatoms. The fourth-order valence-electron chi connectivity index (χ4n) is 2.32. The van der Waals surface area contributed by atoms with Crippen LogP contribution in [0.5, 0.6) is 5.88 Å². The van der Waals surface area contributed by atoms with Crippen LogP contribution in [0.25, 0.3) is 0 Å². The Morgan fingerprint density at radius 3 is 2.54 bits per heavy atom. The highest BCUT2D eigenvalue weighted by atomic mass is 35.5. The van der Waals surface area contributed by atoms with E-state index in [1.54, 1.807) is 6.92 Å². The Labute approximate surface area is 144 Å². The molecule has 1 N–H and O–H groups in total. The largest absolute Gasteiger partial charge is 0.493 e. The number of rotatable bonds is 6. The summed E-state index contributed by atoms with van der Waals surface area (Å²) in [5.74, 6) is -0.811. The summed E-state index contributed by atoms with van der Waals surface area (Å²) in [6.07, 6.45) is 2.30. The second-order valence-corrected chi connectivity index (χ2v) is 7.50. The number of benzene rings is 1. The van der Waals surface area contributed by atoms with Gasteiger partial charge in [0.05, 0.1) is 22.7 Å². The summed E-state index contributed by atoms with van der Waals surface area (Å²) in [6.45, 7) is 2.10. The summed E-state index contributed by atoms with van der Waals surface area (Å²) in [6, 6.07) is 2.63. The highest BCUT2D eigenvalue weighted by molar-refractivity contribution is 7.90. The van der Waals surface area contributed by atoms with Gasteiger partial charge in [0.15, 0.2) is 9.84 Å². The maximum Gasteiger partial charge on any atom is 0.220 e. The summed E-state index contributed by atoms with van der Waals surface area (Å²) in [5.41, 5.74) is 0.270. The van der Waals surface area contributed by atoms with Gasteiger partial charge in [0.2, 0.25) is 11.7 Å². The fourth-order valence-corrected chi connectivity index (χ4v) is 3.61. The molecule has 0 aliphatic carbocycles. The summed E-state index contributed by atoms with van der Waals surface area (Å²) in [5, 5.41) is 13.9. The van der Waals surface area contributed by atoms with Crippen molar-refractivity contribution in [3.05, 3.63) is 40.0 Å². The SMILES string of the molecule is CCn1ncc(C(=O)c2ccc(S(C)(=O)=O)c(COC)c2Cl)c1O. The first-order valence-corrected chi connectivity index (χ1v) is 9.29. The molecule has 2 aromatic rings. The monoisotopic (exact) mass is 372 g/mol. The molecule has 0 aliphatic heterocycles. The maximum atomic E-state index is 12.6. The van der Waals surface area contributed by atoms with E-state index in [1.165, 1.54) is 30.1 Å². The predicted octanol–water partition coefficient (Wildman–Crippen LogP) is 2.04. The highest BCUT2D eigenvalue weighted by Crippen LogP contribution is 2.31. The Bertz CT molecular complexity index is 890. The van der Waals surface area contributed by atoms with Gasteiger partial charge in [-0.1, -0.05) is 11.6 Å². The van der Waals surface area contributed by atoms with Crippen LogP contribution in [0.4, 0.5) is 0 Å². The summed E-state index contributed by atoms with van der Waals surface area (Å²) in [4.78, 5) is 12.6. The first-order valence-electron chi connectivity index (χ1n) is 7.02. The summed E-state index contributed by atoms with van der Waals surface area (Å²) >= 11 is 6.26. The van der Waals surface area contributed by atoms with E-state index in [0.29, 0.717) is 6.54 Å². The Morgan fingerprint density at radius 2 is 2.04 bits per heavy atom. The van der Waals surface area contributed by atoms with Crippen LogP contribution in [0.2, 0.25) is 5.02 Å². The van der Waals surface area contributed by atoms with Crippen molar-refractivity contribution in [2.75, 3.05) is 13.4 Å². The Morgan fingerprint density at radius 1 is 1.38 bits per heavy atom. The van der Waals surface area contributed by atoms with Crippen LogP contribution < -0.4 is 0 Å². The molecule has 7 nitrogen and oxygen atoms in total. The van der Waals surface area contributed by atoms with E-state index in [0.717, 1.165) is 6.26 Å². The van der Waals surface area contributed by atoms with Gasteiger partial charge in [-0.25, -0.2) is 13.1 Å². The number of aromatic nitrogens is 2. The number of ketones is 1. The van der Waals surface area contributed by atoms with E-state index in [9.17, 15) is 18.3 Å². The average Bonchev–Trinajstić information content (AvgIpc) is 2.88. The zero-order chi connectivity index (χ0) is 18.1. The number of carbonyl (C=O) groups is 1. The average molecular weight is 373 g/mol. The number of aryl methyl sites for hydroxylation is 1.